The first-order valence-corrected chi connectivity index (χ1v) is 8.99. The summed E-state index contributed by atoms with van der Waals surface area (Å²) in [5.41, 5.74) is 2.59. The largest absolute Gasteiger partial charge is 0.357 e. The van der Waals surface area contributed by atoms with Crippen LogP contribution < -0.4 is 5.32 Å². The van der Waals surface area contributed by atoms with E-state index in [1.807, 2.05) is 18.9 Å². The van der Waals surface area contributed by atoms with Gasteiger partial charge in [0.2, 0.25) is 5.91 Å². The second-order valence-corrected chi connectivity index (χ2v) is 6.28. The van der Waals surface area contributed by atoms with Gasteiger partial charge in [0.25, 0.3) is 0 Å². The van der Waals surface area contributed by atoms with E-state index in [0.29, 0.717) is 0 Å². The zero-order chi connectivity index (χ0) is 17.4. The van der Waals surface area contributed by atoms with Crippen molar-refractivity contribution in [3.63, 3.8) is 0 Å². The Morgan fingerprint density at radius 3 is 2.32 bits per heavy atom. The normalized spacial score (nSPS) is 14.2. The number of halogens is 1. The number of hydrogen-bond acceptors (Lipinski definition) is 2. The van der Waals surface area contributed by atoms with Crippen LogP contribution in [0, 0.1) is 0 Å². The van der Waals surface area contributed by atoms with E-state index in [1.54, 1.807) is 0 Å². The third kappa shape index (κ3) is 6.84. The van der Waals surface area contributed by atoms with Crippen molar-refractivity contribution < 1.29 is 4.79 Å². The highest BCUT2D eigenvalue weighted by Crippen LogP contribution is 2.09. The standard InChI is InChI=1S/C19H30N4O.HI/c1-4-16-8-10-17(11-9-16)15-22(3)19(20-5-2)21-14-18(24)23-12-6-7-13-23;/h8-11H,4-7,12-15H2,1-3H3,(H,20,21);1H. The van der Waals surface area contributed by atoms with Crippen LogP contribution in [-0.4, -0.2) is 54.9 Å². The summed E-state index contributed by atoms with van der Waals surface area (Å²) in [5, 5.41) is 3.28. The van der Waals surface area contributed by atoms with Crippen molar-refractivity contribution in [1.82, 2.24) is 15.1 Å². The SMILES string of the molecule is CCNC(=NCC(=O)N1CCCC1)N(C)Cc1ccc(CC)cc1.I. The predicted octanol–water partition coefficient (Wildman–Crippen LogP) is 2.89. The van der Waals surface area contributed by atoms with Crippen LogP contribution in [0.1, 0.15) is 37.8 Å². The van der Waals surface area contributed by atoms with E-state index in [1.165, 1.54) is 11.1 Å². The van der Waals surface area contributed by atoms with Gasteiger partial charge in [-0.3, -0.25) is 4.79 Å². The molecular formula is C19H31IN4O. The van der Waals surface area contributed by atoms with Gasteiger partial charge in [0.15, 0.2) is 5.96 Å². The minimum Gasteiger partial charge on any atom is -0.357 e. The zero-order valence-electron chi connectivity index (χ0n) is 15.6. The Labute approximate surface area is 168 Å². The molecule has 25 heavy (non-hydrogen) atoms. The first-order chi connectivity index (χ1) is 11.6. The lowest BCUT2D eigenvalue weighted by Crippen LogP contribution is -2.39. The molecule has 1 aliphatic rings. The highest BCUT2D eigenvalue weighted by molar-refractivity contribution is 14.0. The van der Waals surface area contributed by atoms with Crippen LogP contribution in [0.15, 0.2) is 29.3 Å². The first kappa shape index (κ1) is 21.7. The topological polar surface area (TPSA) is 47.9 Å². The van der Waals surface area contributed by atoms with E-state index < -0.39 is 0 Å². The summed E-state index contributed by atoms with van der Waals surface area (Å²) in [6, 6.07) is 8.66. The Balaban J connectivity index is 0.00000312. The molecule has 140 valence electrons. The van der Waals surface area contributed by atoms with Crippen molar-refractivity contribution in [3.8, 4) is 0 Å². The van der Waals surface area contributed by atoms with E-state index in [0.717, 1.165) is 51.4 Å². The maximum atomic E-state index is 12.2. The average molecular weight is 458 g/mol. The lowest BCUT2D eigenvalue weighted by molar-refractivity contribution is -0.128. The van der Waals surface area contributed by atoms with Crippen LogP contribution >= 0.6 is 24.0 Å². The second-order valence-electron chi connectivity index (χ2n) is 6.28. The molecule has 0 spiro atoms. The summed E-state index contributed by atoms with van der Waals surface area (Å²) in [4.78, 5) is 20.7. The number of likely N-dealkylation sites (tertiary alicyclic amines) is 1. The Kier molecular flexibility index (Phi) is 9.85. The quantitative estimate of drug-likeness (QED) is 0.405. The summed E-state index contributed by atoms with van der Waals surface area (Å²) in [7, 11) is 2.01. The molecular weight excluding hydrogens is 427 g/mol. The number of rotatable bonds is 6. The molecule has 1 heterocycles. The molecule has 0 bridgehead atoms. The van der Waals surface area contributed by atoms with Crippen molar-refractivity contribution in [2.75, 3.05) is 33.2 Å². The lowest BCUT2D eigenvalue weighted by Gasteiger charge is -2.22. The van der Waals surface area contributed by atoms with Gasteiger partial charge in [-0.05, 0) is 37.3 Å². The Morgan fingerprint density at radius 1 is 1.16 bits per heavy atom. The number of benzene rings is 1. The van der Waals surface area contributed by atoms with Gasteiger partial charge in [0, 0.05) is 33.2 Å². The highest BCUT2D eigenvalue weighted by Gasteiger charge is 2.17. The van der Waals surface area contributed by atoms with Gasteiger partial charge in [0.05, 0.1) is 0 Å². The van der Waals surface area contributed by atoms with Crippen LogP contribution in [0.3, 0.4) is 0 Å². The molecule has 0 atom stereocenters. The molecule has 0 aliphatic carbocycles. The number of carbonyl (C=O) groups excluding carboxylic acids is 1. The molecule has 0 radical (unpaired) electrons. The number of carbonyl (C=O) groups is 1. The molecule has 1 aliphatic heterocycles. The van der Waals surface area contributed by atoms with Crippen LogP contribution in [0.4, 0.5) is 0 Å². The Bertz CT molecular complexity index is 553. The van der Waals surface area contributed by atoms with Crippen LogP contribution in [0.5, 0.6) is 0 Å². The molecule has 6 heteroatoms. The summed E-state index contributed by atoms with van der Waals surface area (Å²) in [6.45, 7) is 7.75. The number of amides is 1. The molecule has 1 fully saturated rings. The second kappa shape index (κ2) is 11.3. The average Bonchev–Trinajstić information content (AvgIpc) is 3.13. The molecule has 2 rings (SSSR count). The molecule has 5 nitrogen and oxygen atoms in total. The number of hydrogen-bond donors (Lipinski definition) is 1. The fourth-order valence-corrected chi connectivity index (χ4v) is 2.91. The number of aliphatic imine (C=N–C) groups is 1. The van der Waals surface area contributed by atoms with Crippen molar-refractivity contribution >= 4 is 35.8 Å². The van der Waals surface area contributed by atoms with E-state index in [4.69, 9.17) is 0 Å². The third-order valence-corrected chi connectivity index (χ3v) is 4.37. The third-order valence-electron chi connectivity index (χ3n) is 4.37. The first-order valence-electron chi connectivity index (χ1n) is 8.99. The molecule has 0 unspecified atom stereocenters. The number of guanidine groups is 1. The van der Waals surface area contributed by atoms with Crippen molar-refractivity contribution in [2.24, 2.45) is 4.99 Å². The summed E-state index contributed by atoms with van der Waals surface area (Å²) in [6.07, 6.45) is 3.28. The minimum absolute atomic E-state index is 0. The van der Waals surface area contributed by atoms with Gasteiger partial charge in [-0.2, -0.15) is 0 Å². The van der Waals surface area contributed by atoms with Crippen LogP contribution in [-0.2, 0) is 17.8 Å². The van der Waals surface area contributed by atoms with Crippen molar-refractivity contribution in [2.45, 2.75) is 39.7 Å². The van der Waals surface area contributed by atoms with Gasteiger partial charge in [-0.25, -0.2) is 4.99 Å². The smallest absolute Gasteiger partial charge is 0.244 e. The molecule has 1 aromatic carbocycles. The molecule has 1 saturated heterocycles. The number of nitrogens with zero attached hydrogens (tertiary/aromatic N) is 3. The van der Waals surface area contributed by atoms with Gasteiger partial charge in [-0.1, -0.05) is 31.2 Å². The fraction of sp³-hybridized carbons (Fsp3) is 0.579. The molecule has 1 amide bonds. The number of aryl methyl sites for hydroxylation is 1. The lowest BCUT2D eigenvalue weighted by atomic mass is 10.1. The van der Waals surface area contributed by atoms with Gasteiger partial charge < -0.3 is 15.1 Å². The molecule has 1 N–H and O–H groups in total. The Morgan fingerprint density at radius 2 is 1.76 bits per heavy atom. The monoisotopic (exact) mass is 458 g/mol. The van der Waals surface area contributed by atoms with Gasteiger partial charge >= 0.3 is 0 Å². The summed E-state index contributed by atoms with van der Waals surface area (Å²) in [5.74, 6) is 0.910. The molecule has 1 aromatic rings. The summed E-state index contributed by atoms with van der Waals surface area (Å²) >= 11 is 0. The van der Waals surface area contributed by atoms with Crippen LogP contribution in [0.25, 0.3) is 0 Å². The van der Waals surface area contributed by atoms with Crippen molar-refractivity contribution in [1.29, 1.82) is 0 Å². The van der Waals surface area contributed by atoms with E-state index in [2.05, 4.69) is 46.4 Å². The van der Waals surface area contributed by atoms with Gasteiger partial charge in [-0.15, -0.1) is 24.0 Å². The zero-order valence-corrected chi connectivity index (χ0v) is 18.0. The van der Waals surface area contributed by atoms with E-state index in [9.17, 15) is 4.79 Å². The van der Waals surface area contributed by atoms with E-state index in [-0.39, 0.29) is 36.4 Å². The number of nitrogens with one attached hydrogen (secondary N) is 1. The maximum Gasteiger partial charge on any atom is 0.244 e. The van der Waals surface area contributed by atoms with Gasteiger partial charge in [0.1, 0.15) is 6.54 Å². The molecule has 0 aromatic heterocycles. The highest BCUT2D eigenvalue weighted by atomic mass is 127. The minimum atomic E-state index is 0. The van der Waals surface area contributed by atoms with Crippen molar-refractivity contribution in [3.05, 3.63) is 35.4 Å². The maximum absolute atomic E-state index is 12.2. The fourth-order valence-electron chi connectivity index (χ4n) is 2.91. The van der Waals surface area contributed by atoms with Crippen LogP contribution in [0.2, 0.25) is 0 Å². The predicted molar refractivity (Wildman–Crippen MR) is 114 cm³/mol. The summed E-state index contributed by atoms with van der Waals surface area (Å²) < 4.78 is 0. The van der Waals surface area contributed by atoms with E-state index >= 15 is 0 Å². The molecule has 0 saturated carbocycles. The Hall–Kier alpha value is -1.31.